The average Bonchev–Trinajstić information content (AvgIpc) is 3.02. The molecular weight excluding hydrogens is 294 g/mol. The van der Waals surface area contributed by atoms with Crippen molar-refractivity contribution < 1.29 is 4.74 Å². The minimum absolute atomic E-state index is 0.150. The Hall–Kier alpha value is -1.80. The largest absolute Gasteiger partial charge is 0.378 e. The Morgan fingerprint density at radius 2 is 2.00 bits per heavy atom. The Labute approximate surface area is 127 Å². The number of halogens is 1. The number of anilines is 1. The van der Waals surface area contributed by atoms with Gasteiger partial charge in [0.1, 0.15) is 12.7 Å². The summed E-state index contributed by atoms with van der Waals surface area (Å²) in [6.07, 6.45) is 5.17. The first-order valence-electron chi connectivity index (χ1n) is 6.89. The van der Waals surface area contributed by atoms with E-state index in [4.69, 9.17) is 16.3 Å². The first-order chi connectivity index (χ1) is 10.3. The Morgan fingerprint density at radius 1 is 1.24 bits per heavy atom. The van der Waals surface area contributed by atoms with E-state index in [0.717, 1.165) is 32.5 Å². The quantitative estimate of drug-likeness (QED) is 0.836. The van der Waals surface area contributed by atoms with E-state index >= 15 is 0 Å². The summed E-state index contributed by atoms with van der Waals surface area (Å²) in [5.74, 6) is 0.935. The molecule has 3 rings (SSSR count). The van der Waals surface area contributed by atoms with Crippen LogP contribution in [0.25, 0.3) is 5.95 Å². The molecule has 0 bridgehead atoms. The molecule has 3 heterocycles. The van der Waals surface area contributed by atoms with Gasteiger partial charge in [0.2, 0.25) is 11.2 Å². The Kier molecular flexibility index (Phi) is 4.26. The maximum atomic E-state index is 5.99. The van der Waals surface area contributed by atoms with Gasteiger partial charge in [0.15, 0.2) is 0 Å². The second kappa shape index (κ2) is 6.31. The van der Waals surface area contributed by atoms with Gasteiger partial charge in [0.05, 0.1) is 6.10 Å². The molecule has 2 aromatic heterocycles. The summed E-state index contributed by atoms with van der Waals surface area (Å²) in [6, 6.07) is 0. The number of hydrogen-bond donors (Lipinski definition) is 0. The Bertz CT molecular complexity index is 583. The molecule has 0 unspecified atom stereocenters. The van der Waals surface area contributed by atoms with Crippen LogP contribution in [0.4, 0.5) is 5.95 Å². The van der Waals surface area contributed by atoms with Crippen LogP contribution in [0.2, 0.25) is 5.28 Å². The third kappa shape index (κ3) is 3.27. The summed E-state index contributed by atoms with van der Waals surface area (Å²) in [7, 11) is 0. The van der Waals surface area contributed by atoms with Crippen LogP contribution in [0.5, 0.6) is 0 Å². The number of hydrogen-bond acceptors (Lipinski definition) is 7. The van der Waals surface area contributed by atoms with Gasteiger partial charge in [-0.2, -0.15) is 24.7 Å². The van der Waals surface area contributed by atoms with E-state index in [-0.39, 0.29) is 5.28 Å². The second-order valence-electron chi connectivity index (χ2n) is 4.69. The van der Waals surface area contributed by atoms with Crippen molar-refractivity contribution in [2.75, 3.05) is 24.6 Å². The van der Waals surface area contributed by atoms with Crippen molar-refractivity contribution in [2.45, 2.75) is 25.9 Å². The van der Waals surface area contributed by atoms with Gasteiger partial charge in [-0.1, -0.05) is 0 Å². The molecule has 0 N–H and O–H groups in total. The predicted octanol–water partition coefficient (Wildman–Crippen LogP) is 1.11. The Balaban J connectivity index is 1.77. The lowest BCUT2D eigenvalue weighted by Gasteiger charge is -2.31. The summed E-state index contributed by atoms with van der Waals surface area (Å²) in [6.45, 7) is 4.44. The lowest BCUT2D eigenvalue weighted by Crippen LogP contribution is -2.38. The maximum Gasteiger partial charge on any atom is 0.258 e. The van der Waals surface area contributed by atoms with E-state index in [9.17, 15) is 0 Å². The summed E-state index contributed by atoms with van der Waals surface area (Å²) in [5, 5.41) is 4.16. The summed E-state index contributed by atoms with van der Waals surface area (Å²) < 4.78 is 7.11. The third-order valence-corrected chi connectivity index (χ3v) is 3.50. The highest BCUT2D eigenvalue weighted by atomic mass is 35.5. The van der Waals surface area contributed by atoms with Gasteiger partial charge >= 0.3 is 0 Å². The standard InChI is InChI=1S/C12H16ClN7O/c1-2-21-9-3-5-19(6-4-9)11-16-10(13)17-12(18-11)20-8-14-7-15-20/h7-9H,2-6H2,1H3. The van der Waals surface area contributed by atoms with Crippen LogP contribution in [0.1, 0.15) is 19.8 Å². The highest BCUT2D eigenvalue weighted by Gasteiger charge is 2.22. The SMILES string of the molecule is CCOC1CCN(c2nc(Cl)nc(-n3cncn3)n2)CC1. The van der Waals surface area contributed by atoms with Gasteiger partial charge in [0, 0.05) is 19.7 Å². The number of aromatic nitrogens is 6. The van der Waals surface area contributed by atoms with Crippen molar-refractivity contribution in [2.24, 2.45) is 0 Å². The molecule has 0 aliphatic carbocycles. The van der Waals surface area contributed by atoms with Gasteiger partial charge < -0.3 is 9.64 Å². The summed E-state index contributed by atoms with van der Waals surface area (Å²) >= 11 is 5.99. The smallest absolute Gasteiger partial charge is 0.258 e. The lowest BCUT2D eigenvalue weighted by atomic mass is 10.1. The van der Waals surface area contributed by atoms with Crippen molar-refractivity contribution in [3.05, 3.63) is 17.9 Å². The first-order valence-corrected chi connectivity index (χ1v) is 7.27. The molecule has 0 atom stereocenters. The number of rotatable bonds is 4. The minimum Gasteiger partial charge on any atom is -0.378 e. The zero-order chi connectivity index (χ0) is 14.7. The van der Waals surface area contributed by atoms with Crippen molar-refractivity contribution in [3.8, 4) is 5.95 Å². The van der Waals surface area contributed by atoms with Crippen molar-refractivity contribution in [3.63, 3.8) is 0 Å². The van der Waals surface area contributed by atoms with E-state index in [1.54, 1.807) is 0 Å². The normalized spacial score (nSPS) is 16.4. The molecule has 1 saturated heterocycles. The predicted molar refractivity (Wildman–Crippen MR) is 76.6 cm³/mol. The van der Waals surface area contributed by atoms with Crippen molar-refractivity contribution >= 4 is 17.5 Å². The average molecular weight is 310 g/mol. The van der Waals surface area contributed by atoms with Crippen molar-refractivity contribution in [1.82, 2.24) is 29.7 Å². The van der Waals surface area contributed by atoms with Gasteiger partial charge in [-0.15, -0.1) is 0 Å². The highest BCUT2D eigenvalue weighted by molar-refractivity contribution is 6.28. The minimum atomic E-state index is 0.150. The second-order valence-corrected chi connectivity index (χ2v) is 5.02. The van der Waals surface area contributed by atoms with Crippen LogP contribution in [0.15, 0.2) is 12.7 Å². The number of piperidine rings is 1. The fourth-order valence-electron chi connectivity index (χ4n) is 2.34. The number of ether oxygens (including phenoxy) is 1. The first kappa shape index (κ1) is 14.2. The molecule has 8 nitrogen and oxygen atoms in total. The summed E-state index contributed by atoms with van der Waals surface area (Å²) in [4.78, 5) is 18.6. The molecule has 1 fully saturated rings. The van der Waals surface area contributed by atoms with Gasteiger partial charge in [-0.3, -0.25) is 0 Å². The molecule has 0 spiro atoms. The molecule has 0 aromatic carbocycles. The lowest BCUT2D eigenvalue weighted by molar-refractivity contribution is 0.0457. The molecule has 9 heteroatoms. The molecule has 2 aromatic rings. The molecule has 112 valence electrons. The van der Waals surface area contributed by atoms with E-state index < -0.39 is 0 Å². The van der Waals surface area contributed by atoms with Crippen LogP contribution in [-0.2, 0) is 4.74 Å². The molecular formula is C12H16ClN7O. The molecule has 0 saturated carbocycles. The van der Waals surface area contributed by atoms with Crippen molar-refractivity contribution in [1.29, 1.82) is 0 Å². The molecule has 1 aliphatic rings. The number of nitrogens with zero attached hydrogens (tertiary/aromatic N) is 7. The monoisotopic (exact) mass is 309 g/mol. The van der Waals surface area contributed by atoms with E-state index in [0.29, 0.717) is 18.0 Å². The van der Waals surface area contributed by atoms with Gasteiger partial charge in [-0.25, -0.2) is 4.98 Å². The molecule has 21 heavy (non-hydrogen) atoms. The summed E-state index contributed by atoms with van der Waals surface area (Å²) in [5.41, 5.74) is 0. The maximum absolute atomic E-state index is 5.99. The van der Waals surface area contributed by atoms with Gasteiger partial charge in [-0.05, 0) is 31.4 Å². The van der Waals surface area contributed by atoms with Crippen LogP contribution in [-0.4, -0.2) is 55.5 Å². The van der Waals surface area contributed by atoms with Crippen LogP contribution in [0.3, 0.4) is 0 Å². The Morgan fingerprint density at radius 3 is 2.67 bits per heavy atom. The highest BCUT2D eigenvalue weighted by Crippen LogP contribution is 2.19. The van der Waals surface area contributed by atoms with Gasteiger partial charge in [0.25, 0.3) is 5.95 Å². The fraction of sp³-hybridized carbons (Fsp3) is 0.583. The third-order valence-electron chi connectivity index (χ3n) is 3.34. The zero-order valence-corrected chi connectivity index (χ0v) is 12.4. The fourth-order valence-corrected chi connectivity index (χ4v) is 2.49. The zero-order valence-electron chi connectivity index (χ0n) is 11.7. The molecule has 0 amide bonds. The van der Waals surface area contributed by atoms with E-state index in [2.05, 4.69) is 29.9 Å². The van der Waals surface area contributed by atoms with E-state index in [1.165, 1.54) is 17.3 Å². The molecule has 1 aliphatic heterocycles. The van der Waals surface area contributed by atoms with Crippen LogP contribution in [0, 0.1) is 0 Å². The van der Waals surface area contributed by atoms with Crippen LogP contribution < -0.4 is 4.90 Å². The molecule has 0 radical (unpaired) electrons. The topological polar surface area (TPSA) is 81.9 Å². The van der Waals surface area contributed by atoms with E-state index in [1.807, 2.05) is 6.92 Å². The van der Waals surface area contributed by atoms with Crippen LogP contribution >= 0.6 is 11.6 Å².